The number of likely N-dealkylation sites (tertiary alicyclic amines) is 1. The fraction of sp³-hybridized carbons (Fsp3) is 0.500. The van der Waals surface area contributed by atoms with Crippen molar-refractivity contribution in [3.05, 3.63) is 34.9 Å². The lowest BCUT2D eigenvalue weighted by molar-refractivity contribution is -0.104. The summed E-state index contributed by atoms with van der Waals surface area (Å²) in [7, 11) is 0. The van der Waals surface area contributed by atoms with E-state index in [1.807, 2.05) is 0 Å². The molecule has 6 nitrogen and oxygen atoms in total. The van der Waals surface area contributed by atoms with Crippen molar-refractivity contribution >= 4 is 12.1 Å². The summed E-state index contributed by atoms with van der Waals surface area (Å²) in [5, 5.41) is 19.7. The van der Waals surface area contributed by atoms with E-state index >= 15 is 0 Å². The minimum atomic E-state index is -1.23. The number of β-amino-alcohol motifs (C(OH)–C–C–N with tert-alkyl or cyclic N) is 1. The maximum absolute atomic E-state index is 11.9. The number of rotatable bonds is 2. The zero-order valence-corrected chi connectivity index (χ0v) is 13.2. The second-order valence-corrected chi connectivity index (χ2v) is 6.70. The first-order valence-corrected chi connectivity index (χ1v) is 7.06. The zero-order valence-electron chi connectivity index (χ0n) is 13.2. The Kier molecular flexibility index (Phi) is 3.91. The number of carboxylic acids is 1. The second kappa shape index (κ2) is 5.28. The maximum Gasteiger partial charge on any atom is 0.410 e. The van der Waals surface area contributed by atoms with E-state index in [1.165, 1.54) is 17.0 Å². The molecule has 1 aliphatic rings. The van der Waals surface area contributed by atoms with Crippen molar-refractivity contribution in [3.8, 4) is 0 Å². The van der Waals surface area contributed by atoms with Crippen LogP contribution in [0.3, 0.4) is 0 Å². The van der Waals surface area contributed by atoms with E-state index < -0.39 is 23.3 Å². The molecule has 1 heterocycles. The smallest absolute Gasteiger partial charge is 0.410 e. The van der Waals surface area contributed by atoms with Crippen molar-refractivity contribution in [2.45, 2.75) is 38.9 Å². The largest absolute Gasteiger partial charge is 0.478 e. The maximum atomic E-state index is 11.9. The number of carboxylic acid groups (broad SMARTS) is 1. The molecule has 0 spiro atoms. The third-order valence-corrected chi connectivity index (χ3v) is 3.54. The summed E-state index contributed by atoms with van der Waals surface area (Å²) < 4.78 is 5.24. The molecule has 6 heteroatoms. The van der Waals surface area contributed by atoms with Gasteiger partial charge in [0.1, 0.15) is 11.2 Å². The lowest BCUT2D eigenvalue weighted by Gasteiger charge is -2.47. The Morgan fingerprint density at radius 3 is 2.36 bits per heavy atom. The van der Waals surface area contributed by atoms with Gasteiger partial charge in [-0.2, -0.15) is 0 Å². The Morgan fingerprint density at radius 2 is 1.86 bits per heavy atom. The molecule has 0 saturated carbocycles. The fourth-order valence-electron chi connectivity index (χ4n) is 2.47. The van der Waals surface area contributed by atoms with Gasteiger partial charge in [-0.15, -0.1) is 0 Å². The number of aliphatic hydroxyl groups is 1. The number of hydrogen-bond acceptors (Lipinski definition) is 4. The molecule has 22 heavy (non-hydrogen) atoms. The third kappa shape index (κ3) is 3.22. The summed E-state index contributed by atoms with van der Waals surface area (Å²) in [5.74, 6) is -1.05. The normalized spacial score (nSPS) is 16.9. The highest BCUT2D eigenvalue weighted by Gasteiger charge is 2.47. The van der Waals surface area contributed by atoms with Crippen molar-refractivity contribution < 1.29 is 24.5 Å². The van der Waals surface area contributed by atoms with E-state index in [0.29, 0.717) is 5.56 Å². The molecular formula is C16H21NO5. The number of carbonyl (C=O) groups excluding carboxylic acids is 1. The highest BCUT2D eigenvalue weighted by Crippen LogP contribution is 2.35. The molecule has 0 radical (unpaired) electrons. The molecule has 0 aromatic heterocycles. The number of carbonyl (C=O) groups is 2. The van der Waals surface area contributed by atoms with Crippen LogP contribution < -0.4 is 0 Å². The summed E-state index contributed by atoms with van der Waals surface area (Å²) >= 11 is 0. The van der Waals surface area contributed by atoms with Crippen LogP contribution in [0.4, 0.5) is 4.79 Å². The number of aryl methyl sites for hydroxylation is 1. The summed E-state index contributed by atoms with van der Waals surface area (Å²) in [6.45, 7) is 7.30. The highest BCUT2D eigenvalue weighted by molar-refractivity contribution is 5.88. The van der Waals surface area contributed by atoms with Crippen LogP contribution >= 0.6 is 0 Å². The molecule has 120 valence electrons. The van der Waals surface area contributed by atoms with Gasteiger partial charge < -0.3 is 19.8 Å². The van der Waals surface area contributed by atoms with E-state index in [4.69, 9.17) is 9.84 Å². The first-order valence-electron chi connectivity index (χ1n) is 7.06. The standard InChI is InChI=1S/C16H21NO5/c1-10-5-6-11(13(18)19)7-12(10)16(21)8-17(9-16)14(20)22-15(2,3)4/h5-7,21H,8-9H2,1-4H3,(H,18,19). The van der Waals surface area contributed by atoms with Gasteiger partial charge in [0.15, 0.2) is 0 Å². The Morgan fingerprint density at radius 1 is 1.27 bits per heavy atom. The van der Waals surface area contributed by atoms with E-state index in [1.54, 1.807) is 33.8 Å². The molecule has 0 aliphatic carbocycles. The van der Waals surface area contributed by atoms with Crippen LogP contribution in [0.5, 0.6) is 0 Å². The van der Waals surface area contributed by atoms with Gasteiger partial charge in [0, 0.05) is 0 Å². The molecule has 1 aromatic carbocycles. The van der Waals surface area contributed by atoms with Crippen LogP contribution in [0.15, 0.2) is 18.2 Å². The van der Waals surface area contributed by atoms with Crippen LogP contribution in [0.1, 0.15) is 42.3 Å². The highest BCUT2D eigenvalue weighted by atomic mass is 16.6. The van der Waals surface area contributed by atoms with Crippen molar-refractivity contribution in [3.63, 3.8) is 0 Å². The number of amides is 1. The number of ether oxygens (including phenoxy) is 1. The lowest BCUT2D eigenvalue weighted by Crippen LogP contribution is -2.62. The van der Waals surface area contributed by atoms with Crippen molar-refractivity contribution in [1.29, 1.82) is 0 Å². The number of benzene rings is 1. The summed E-state index contributed by atoms with van der Waals surface area (Å²) in [6.07, 6.45) is -0.482. The predicted molar refractivity (Wildman–Crippen MR) is 79.8 cm³/mol. The zero-order chi connectivity index (χ0) is 16.7. The first kappa shape index (κ1) is 16.3. The fourth-order valence-corrected chi connectivity index (χ4v) is 2.47. The van der Waals surface area contributed by atoms with Gasteiger partial charge in [-0.25, -0.2) is 9.59 Å². The number of hydrogen-bond donors (Lipinski definition) is 2. The van der Waals surface area contributed by atoms with E-state index in [9.17, 15) is 14.7 Å². The Hall–Kier alpha value is -2.08. The first-order chi connectivity index (χ1) is 10.0. The van der Waals surface area contributed by atoms with Crippen LogP contribution in [-0.4, -0.2) is 45.9 Å². The minimum absolute atomic E-state index is 0.0891. The van der Waals surface area contributed by atoms with Gasteiger partial charge in [0.05, 0.1) is 18.7 Å². The quantitative estimate of drug-likeness (QED) is 0.874. The topological polar surface area (TPSA) is 87.1 Å². The van der Waals surface area contributed by atoms with Gasteiger partial charge in [-0.1, -0.05) is 6.07 Å². The summed E-state index contributed by atoms with van der Waals surface area (Å²) in [5.41, 5.74) is -0.385. The Labute approximate surface area is 129 Å². The number of nitrogens with zero attached hydrogens (tertiary/aromatic N) is 1. The van der Waals surface area contributed by atoms with Crippen LogP contribution in [0.2, 0.25) is 0 Å². The monoisotopic (exact) mass is 307 g/mol. The van der Waals surface area contributed by atoms with E-state index in [-0.39, 0.29) is 18.7 Å². The van der Waals surface area contributed by atoms with Crippen molar-refractivity contribution in [2.75, 3.05) is 13.1 Å². The summed E-state index contributed by atoms with van der Waals surface area (Å²) in [6, 6.07) is 4.62. The molecule has 1 fully saturated rings. The van der Waals surface area contributed by atoms with Gasteiger partial charge in [-0.3, -0.25) is 0 Å². The molecule has 0 unspecified atom stereocenters. The predicted octanol–water partition coefficient (Wildman–Crippen LogP) is 2.13. The molecule has 0 bridgehead atoms. The molecule has 1 aliphatic heterocycles. The van der Waals surface area contributed by atoms with Crippen LogP contribution in [0.25, 0.3) is 0 Å². The molecule has 0 atom stereocenters. The van der Waals surface area contributed by atoms with E-state index in [2.05, 4.69) is 0 Å². The average molecular weight is 307 g/mol. The van der Waals surface area contributed by atoms with Crippen molar-refractivity contribution in [1.82, 2.24) is 4.90 Å². The molecule has 2 rings (SSSR count). The minimum Gasteiger partial charge on any atom is -0.478 e. The molecule has 1 amide bonds. The van der Waals surface area contributed by atoms with Gasteiger partial charge in [0.25, 0.3) is 0 Å². The molecule has 2 N–H and O–H groups in total. The molecular weight excluding hydrogens is 286 g/mol. The third-order valence-electron chi connectivity index (χ3n) is 3.54. The van der Waals surface area contributed by atoms with Crippen molar-refractivity contribution in [2.24, 2.45) is 0 Å². The van der Waals surface area contributed by atoms with Gasteiger partial charge >= 0.3 is 12.1 Å². The van der Waals surface area contributed by atoms with Gasteiger partial charge in [0.2, 0.25) is 0 Å². The van der Waals surface area contributed by atoms with E-state index in [0.717, 1.165) is 5.56 Å². The van der Waals surface area contributed by atoms with Gasteiger partial charge in [-0.05, 0) is 51.0 Å². The Balaban J connectivity index is 2.14. The van der Waals surface area contributed by atoms with Crippen LogP contribution in [0, 0.1) is 6.92 Å². The lowest BCUT2D eigenvalue weighted by atomic mass is 9.83. The average Bonchev–Trinajstić information content (AvgIpc) is 2.33. The summed E-state index contributed by atoms with van der Waals surface area (Å²) in [4.78, 5) is 24.4. The molecule has 1 aromatic rings. The van der Waals surface area contributed by atoms with Crippen LogP contribution in [-0.2, 0) is 10.3 Å². The second-order valence-electron chi connectivity index (χ2n) is 6.70. The number of aromatic carboxylic acids is 1. The molecule has 1 saturated heterocycles. The Bertz CT molecular complexity index is 611. The SMILES string of the molecule is Cc1ccc(C(=O)O)cc1C1(O)CN(C(=O)OC(C)(C)C)C1.